The first-order valence-corrected chi connectivity index (χ1v) is 7.55. The molecule has 1 unspecified atom stereocenters. The van der Waals surface area contributed by atoms with Crippen molar-refractivity contribution < 1.29 is 9.53 Å². The van der Waals surface area contributed by atoms with Gasteiger partial charge in [-0.2, -0.15) is 0 Å². The second-order valence-corrected chi connectivity index (χ2v) is 5.73. The first-order valence-electron chi connectivity index (χ1n) is 7.55. The molecule has 0 aliphatic carbocycles. The number of nitrogens with one attached hydrogen (secondary N) is 1. The van der Waals surface area contributed by atoms with E-state index in [1.165, 1.54) is 19.4 Å². The van der Waals surface area contributed by atoms with Gasteiger partial charge in [-0.25, -0.2) is 4.79 Å². The second kappa shape index (κ2) is 7.10. The normalized spacial score (nSPS) is 26.4. The molecule has 1 N–H and O–H groups in total. The van der Waals surface area contributed by atoms with Gasteiger partial charge >= 0.3 is 6.09 Å². The number of piperidine rings is 2. The molecule has 2 heterocycles. The molecule has 5 heteroatoms. The Labute approximate surface area is 116 Å². The highest BCUT2D eigenvalue weighted by Gasteiger charge is 2.26. The fraction of sp³-hybridized carbons (Fsp3) is 0.929. The molecule has 0 aromatic carbocycles. The third kappa shape index (κ3) is 4.35. The van der Waals surface area contributed by atoms with Crippen LogP contribution in [-0.4, -0.2) is 67.8 Å². The molecule has 0 bridgehead atoms. The Hall–Kier alpha value is -0.810. The quantitative estimate of drug-likeness (QED) is 0.838. The van der Waals surface area contributed by atoms with Crippen LogP contribution in [0.25, 0.3) is 0 Å². The van der Waals surface area contributed by atoms with E-state index in [0.29, 0.717) is 18.7 Å². The lowest BCUT2D eigenvalue weighted by atomic mass is 10.0. The van der Waals surface area contributed by atoms with Gasteiger partial charge in [0, 0.05) is 31.7 Å². The monoisotopic (exact) mass is 269 g/mol. The molecule has 2 aliphatic heterocycles. The van der Waals surface area contributed by atoms with Gasteiger partial charge in [-0.05, 0) is 46.2 Å². The molecule has 19 heavy (non-hydrogen) atoms. The summed E-state index contributed by atoms with van der Waals surface area (Å²) >= 11 is 0. The van der Waals surface area contributed by atoms with E-state index in [0.717, 1.165) is 32.5 Å². The number of hydrogen-bond acceptors (Lipinski definition) is 4. The standard InChI is InChI=1S/C14H27N3O2/c1-3-19-14(18)17-9-6-12(7-10-17)15-13-5-4-8-16(2)11-13/h12-13,15H,3-11H2,1-2H3. The van der Waals surface area contributed by atoms with Crippen molar-refractivity contribution in [3.63, 3.8) is 0 Å². The molecular formula is C14H27N3O2. The summed E-state index contributed by atoms with van der Waals surface area (Å²) in [7, 11) is 2.19. The van der Waals surface area contributed by atoms with E-state index >= 15 is 0 Å². The number of nitrogens with zero attached hydrogens (tertiary/aromatic N) is 2. The van der Waals surface area contributed by atoms with Gasteiger partial charge in [0.05, 0.1) is 6.61 Å². The molecule has 0 aromatic heterocycles. The average Bonchev–Trinajstić information content (AvgIpc) is 2.40. The zero-order chi connectivity index (χ0) is 13.7. The highest BCUT2D eigenvalue weighted by atomic mass is 16.6. The number of ether oxygens (including phenoxy) is 1. The summed E-state index contributed by atoms with van der Waals surface area (Å²) in [5, 5.41) is 3.76. The highest BCUT2D eigenvalue weighted by molar-refractivity contribution is 5.67. The molecule has 2 rings (SSSR count). The smallest absolute Gasteiger partial charge is 0.409 e. The van der Waals surface area contributed by atoms with Crippen LogP contribution in [0.5, 0.6) is 0 Å². The van der Waals surface area contributed by atoms with Crippen molar-refractivity contribution >= 4 is 6.09 Å². The van der Waals surface area contributed by atoms with Crippen molar-refractivity contribution in [1.82, 2.24) is 15.1 Å². The van der Waals surface area contributed by atoms with E-state index in [2.05, 4.69) is 17.3 Å². The number of amides is 1. The predicted octanol–water partition coefficient (Wildman–Crippen LogP) is 1.29. The molecule has 5 nitrogen and oxygen atoms in total. The van der Waals surface area contributed by atoms with E-state index in [4.69, 9.17) is 4.74 Å². The lowest BCUT2D eigenvalue weighted by Gasteiger charge is -2.37. The molecule has 1 amide bonds. The van der Waals surface area contributed by atoms with Crippen LogP contribution in [0.1, 0.15) is 32.6 Å². The number of carbonyl (C=O) groups is 1. The maximum absolute atomic E-state index is 11.6. The van der Waals surface area contributed by atoms with Gasteiger partial charge < -0.3 is 19.9 Å². The second-order valence-electron chi connectivity index (χ2n) is 5.73. The molecular weight excluding hydrogens is 242 g/mol. The van der Waals surface area contributed by atoms with Gasteiger partial charge in [-0.15, -0.1) is 0 Å². The number of likely N-dealkylation sites (tertiary alicyclic amines) is 2. The summed E-state index contributed by atoms with van der Waals surface area (Å²) in [6.45, 7) is 6.33. The zero-order valence-corrected chi connectivity index (χ0v) is 12.2. The predicted molar refractivity (Wildman–Crippen MR) is 75.3 cm³/mol. The Morgan fingerprint density at radius 3 is 2.58 bits per heavy atom. The molecule has 0 spiro atoms. The van der Waals surface area contributed by atoms with Gasteiger partial charge in [0.2, 0.25) is 0 Å². The molecule has 2 aliphatic rings. The summed E-state index contributed by atoms with van der Waals surface area (Å²) in [6.07, 6.45) is 4.49. The molecule has 2 fully saturated rings. The van der Waals surface area contributed by atoms with Crippen LogP contribution < -0.4 is 5.32 Å². The molecule has 0 radical (unpaired) electrons. The number of carbonyl (C=O) groups excluding carboxylic acids is 1. The summed E-state index contributed by atoms with van der Waals surface area (Å²) < 4.78 is 5.04. The van der Waals surface area contributed by atoms with Crippen LogP contribution in [-0.2, 0) is 4.74 Å². The van der Waals surface area contributed by atoms with E-state index in [1.54, 1.807) is 0 Å². The molecule has 0 aromatic rings. The topological polar surface area (TPSA) is 44.8 Å². The molecule has 1 atom stereocenters. The van der Waals surface area contributed by atoms with Gasteiger partial charge in [-0.3, -0.25) is 0 Å². The fourth-order valence-corrected chi connectivity index (χ4v) is 3.08. The minimum atomic E-state index is -0.154. The lowest BCUT2D eigenvalue weighted by molar-refractivity contribution is 0.0926. The van der Waals surface area contributed by atoms with Crippen molar-refractivity contribution in [2.24, 2.45) is 0 Å². The Kier molecular flexibility index (Phi) is 5.45. The number of hydrogen-bond donors (Lipinski definition) is 1. The largest absolute Gasteiger partial charge is 0.450 e. The van der Waals surface area contributed by atoms with Crippen LogP contribution in [0.3, 0.4) is 0 Å². The Balaban J connectivity index is 1.69. The fourth-order valence-electron chi connectivity index (χ4n) is 3.08. The summed E-state index contributed by atoms with van der Waals surface area (Å²) in [6, 6.07) is 1.18. The van der Waals surface area contributed by atoms with Crippen molar-refractivity contribution in [3.05, 3.63) is 0 Å². The Morgan fingerprint density at radius 1 is 1.21 bits per heavy atom. The van der Waals surface area contributed by atoms with E-state index in [-0.39, 0.29) is 6.09 Å². The molecule has 0 saturated carbocycles. The minimum Gasteiger partial charge on any atom is -0.450 e. The van der Waals surface area contributed by atoms with Crippen LogP contribution >= 0.6 is 0 Å². The maximum Gasteiger partial charge on any atom is 0.409 e. The lowest BCUT2D eigenvalue weighted by Crippen LogP contribution is -2.52. The van der Waals surface area contributed by atoms with Gasteiger partial charge in [-0.1, -0.05) is 0 Å². The first kappa shape index (κ1) is 14.6. The van der Waals surface area contributed by atoms with Gasteiger partial charge in [0.25, 0.3) is 0 Å². The Morgan fingerprint density at radius 2 is 1.95 bits per heavy atom. The van der Waals surface area contributed by atoms with Crippen molar-refractivity contribution in [3.8, 4) is 0 Å². The van der Waals surface area contributed by atoms with Crippen LogP contribution in [0.2, 0.25) is 0 Å². The first-order chi connectivity index (χ1) is 9.19. The van der Waals surface area contributed by atoms with Crippen LogP contribution in [0.15, 0.2) is 0 Å². The van der Waals surface area contributed by atoms with E-state index < -0.39 is 0 Å². The number of likely N-dealkylation sites (N-methyl/N-ethyl adjacent to an activating group) is 1. The Bertz CT molecular complexity index is 290. The third-order valence-corrected chi connectivity index (χ3v) is 4.12. The summed E-state index contributed by atoms with van der Waals surface area (Å²) in [4.78, 5) is 15.8. The van der Waals surface area contributed by atoms with Crippen molar-refractivity contribution in [2.45, 2.75) is 44.7 Å². The van der Waals surface area contributed by atoms with Gasteiger partial charge in [0.15, 0.2) is 0 Å². The SMILES string of the molecule is CCOC(=O)N1CCC(NC2CCCN(C)C2)CC1. The number of rotatable bonds is 3. The molecule has 110 valence electrons. The van der Waals surface area contributed by atoms with Crippen molar-refractivity contribution in [1.29, 1.82) is 0 Å². The highest BCUT2D eigenvalue weighted by Crippen LogP contribution is 2.15. The van der Waals surface area contributed by atoms with Gasteiger partial charge in [0.1, 0.15) is 0 Å². The maximum atomic E-state index is 11.6. The van der Waals surface area contributed by atoms with Crippen LogP contribution in [0.4, 0.5) is 4.79 Å². The van der Waals surface area contributed by atoms with Crippen molar-refractivity contribution in [2.75, 3.05) is 39.8 Å². The van der Waals surface area contributed by atoms with Crippen LogP contribution in [0, 0.1) is 0 Å². The van der Waals surface area contributed by atoms with E-state index in [9.17, 15) is 4.79 Å². The van der Waals surface area contributed by atoms with E-state index in [1.807, 2.05) is 11.8 Å². The summed E-state index contributed by atoms with van der Waals surface area (Å²) in [5.74, 6) is 0. The molecule has 2 saturated heterocycles. The zero-order valence-electron chi connectivity index (χ0n) is 12.2. The third-order valence-electron chi connectivity index (χ3n) is 4.12. The summed E-state index contributed by atoms with van der Waals surface area (Å²) in [5.41, 5.74) is 0. The minimum absolute atomic E-state index is 0.154. The average molecular weight is 269 g/mol.